The van der Waals surface area contributed by atoms with Crippen LogP contribution in [0.15, 0.2) is 34.7 Å². The molecule has 6 heteroatoms. The highest BCUT2D eigenvalue weighted by Crippen LogP contribution is 2.23. The minimum Gasteiger partial charge on any atom is -0.481 e. The number of aliphatic hydroxyl groups excluding tert-OH is 1. The van der Waals surface area contributed by atoms with Gasteiger partial charge in [0.15, 0.2) is 18.2 Å². The molecule has 0 radical (unpaired) electrons. The summed E-state index contributed by atoms with van der Waals surface area (Å²) >= 11 is 0. The van der Waals surface area contributed by atoms with Gasteiger partial charge in [-0.15, -0.1) is 0 Å². The number of halogens is 1. The average molecular weight is 321 g/mol. The van der Waals surface area contributed by atoms with E-state index in [-0.39, 0.29) is 24.8 Å². The molecule has 2 aromatic rings. The van der Waals surface area contributed by atoms with Crippen molar-refractivity contribution in [2.45, 2.75) is 26.4 Å². The van der Waals surface area contributed by atoms with Crippen LogP contribution < -0.4 is 10.1 Å². The Morgan fingerprint density at radius 3 is 2.78 bits per heavy atom. The molecule has 2 N–H and O–H groups in total. The quantitative estimate of drug-likeness (QED) is 0.822. The van der Waals surface area contributed by atoms with Crippen LogP contribution in [-0.4, -0.2) is 24.2 Å². The van der Waals surface area contributed by atoms with Crippen molar-refractivity contribution < 1.29 is 23.4 Å². The number of furan rings is 1. The molecule has 1 aromatic carbocycles. The van der Waals surface area contributed by atoms with Crippen LogP contribution in [0.1, 0.15) is 29.6 Å². The summed E-state index contributed by atoms with van der Waals surface area (Å²) in [6.45, 7) is 3.60. The summed E-state index contributed by atoms with van der Waals surface area (Å²) in [5.74, 6) is 0.553. The van der Waals surface area contributed by atoms with E-state index in [0.29, 0.717) is 12.2 Å². The minimum absolute atomic E-state index is 0.0344. The molecule has 0 aliphatic rings. The summed E-state index contributed by atoms with van der Waals surface area (Å²) < 4.78 is 23.8. The van der Waals surface area contributed by atoms with E-state index in [0.717, 1.165) is 11.3 Å². The van der Waals surface area contributed by atoms with Gasteiger partial charge >= 0.3 is 0 Å². The second-order valence-electron chi connectivity index (χ2n) is 5.24. The van der Waals surface area contributed by atoms with Crippen molar-refractivity contribution in [1.82, 2.24) is 5.32 Å². The number of carbonyl (C=O) groups excluding carboxylic acids is 1. The molecule has 5 nitrogen and oxygen atoms in total. The van der Waals surface area contributed by atoms with Crippen LogP contribution >= 0.6 is 0 Å². The number of hydrogen-bond acceptors (Lipinski definition) is 4. The first-order valence-electron chi connectivity index (χ1n) is 7.36. The van der Waals surface area contributed by atoms with Crippen molar-refractivity contribution in [3.05, 3.63) is 53.2 Å². The van der Waals surface area contributed by atoms with Crippen LogP contribution in [0.3, 0.4) is 0 Å². The number of hydrogen-bond donors (Lipinski definition) is 2. The van der Waals surface area contributed by atoms with Gasteiger partial charge in [-0.25, -0.2) is 4.39 Å². The maximum atomic E-state index is 13.3. The van der Waals surface area contributed by atoms with E-state index in [1.54, 1.807) is 25.1 Å². The molecular formula is C17H20FNO4. The van der Waals surface area contributed by atoms with E-state index >= 15 is 0 Å². The number of para-hydroxylation sites is 1. The van der Waals surface area contributed by atoms with Gasteiger partial charge in [-0.3, -0.25) is 4.79 Å². The Morgan fingerprint density at radius 1 is 1.39 bits per heavy atom. The first-order valence-corrected chi connectivity index (χ1v) is 7.36. The molecule has 1 heterocycles. The predicted molar refractivity (Wildman–Crippen MR) is 82.7 cm³/mol. The van der Waals surface area contributed by atoms with Crippen molar-refractivity contribution in [2.75, 3.05) is 13.2 Å². The molecule has 0 aliphatic heterocycles. The van der Waals surface area contributed by atoms with E-state index in [9.17, 15) is 14.3 Å². The van der Waals surface area contributed by atoms with Gasteiger partial charge in [0.2, 0.25) is 0 Å². The Hall–Kier alpha value is -2.34. The Bertz CT molecular complexity index is 668. The summed E-state index contributed by atoms with van der Waals surface area (Å²) in [6.07, 6.45) is -0.356. The highest BCUT2D eigenvalue weighted by molar-refractivity contribution is 5.77. The van der Waals surface area contributed by atoms with Crippen molar-refractivity contribution in [3.8, 4) is 5.75 Å². The van der Waals surface area contributed by atoms with Crippen LogP contribution in [0.25, 0.3) is 0 Å². The third-order valence-electron chi connectivity index (χ3n) is 3.37. The lowest BCUT2D eigenvalue weighted by Crippen LogP contribution is -2.30. The third-order valence-corrected chi connectivity index (χ3v) is 3.37. The fourth-order valence-corrected chi connectivity index (χ4v) is 2.24. The summed E-state index contributed by atoms with van der Waals surface area (Å²) in [7, 11) is 0. The molecule has 0 saturated heterocycles. The van der Waals surface area contributed by atoms with Gasteiger partial charge < -0.3 is 19.6 Å². The van der Waals surface area contributed by atoms with Gasteiger partial charge in [-0.2, -0.15) is 0 Å². The zero-order valence-corrected chi connectivity index (χ0v) is 13.1. The fraction of sp³-hybridized carbons (Fsp3) is 0.353. The Morgan fingerprint density at radius 2 is 2.13 bits per heavy atom. The third kappa shape index (κ3) is 4.82. The van der Waals surface area contributed by atoms with Crippen molar-refractivity contribution in [1.29, 1.82) is 0 Å². The predicted octanol–water partition coefficient (Wildman–Crippen LogP) is 2.65. The lowest BCUT2D eigenvalue weighted by Gasteiger charge is -2.11. The average Bonchev–Trinajstić information content (AvgIpc) is 2.85. The molecule has 2 rings (SSSR count). The van der Waals surface area contributed by atoms with Crippen molar-refractivity contribution >= 4 is 5.91 Å². The number of carbonyl (C=O) groups is 1. The fourth-order valence-electron chi connectivity index (χ4n) is 2.24. The zero-order chi connectivity index (χ0) is 16.8. The molecule has 0 aliphatic carbocycles. The zero-order valence-electron chi connectivity index (χ0n) is 13.1. The number of aliphatic hydroxyl groups is 1. The minimum atomic E-state index is -0.708. The largest absolute Gasteiger partial charge is 0.481 e. The monoisotopic (exact) mass is 321 g/mol. The Balaban J connectivity index is 1.72. The van der Waals surface area contributed by atoms with Crippen LogP contribution in [0.2, 0.25) is 0 Å². The standard InChI is InChI=1S/C17H20FNO4/c1-11-9-13(12(2)23-11)15(20)7-8-19-17(21)10-22-16-6-4-3-5-14(16)18/h3-6,9,15,20H,7-8,10H2,1-2H3,(H,19,21)/t15-/m1/s1. The summed E-state index contributed by atoms with van der Waals surface area (Å²) in [5.41, 5.74) is 0.722. The van der Waals surface area contributed by atoms with Gasteiger partial charge in [0.05, 0.1) is 6.10 Å². The Kier molecular flexibility index (Phi) is 5.76. The van der Waals surface area contributed by atoms with Gasteiger partial charge in [0.1, 0.15) is 11.5 Å². The molecule has 1 atom stereocenters. The van der Waals surface area contributed by atoms with Crippen LogP contribution in [-0.2, 0) is 4.79 Å². The number of amides is 1. The molecule has 124 valence electrons. The molecule has 1 amide bonds. The molecule has 0 saturated carbocycles. The summed E-state index contributed by atoms with van der Waals surface area (Å²) in [4.78, 5) is 11.7. The van der Waals surface area contributed by atoms with Gasteiger partial charge in [-0.1, -0.05) is 12.1 Å². The van der Waals surface area contributed by atoms with Gasteiger partial charge in [0.25, 0.3) is 5.91 Å². The molecule has 23 heavy (non-hydrogen) atoms. The molecule has 0 spiro atoms. The maximum absolute atomic E-state index is 13.3. The maximum Gasteiger partial charge on any atom is 0.257 e. The lowest BCUT2D eigenvalue weighted by molar-refractivity contribution is -0.123. The van der Waals surface area contributed by atoms with Crippen LogP contribution in [0.5, 0.6) is 5.75 Å². The molecule has 0 unspecified atom stereocenters. The summed E-state index contributed by atoms with van der Waals surface area (Å²) in [6, 6.07) is 7.67. The molecule has 0 bridgehead atoms. The highest BCUT2D eigenvalue weighted by Gasteiger charge is 2.14. The number of aryl methyl sites for hydroxylation is 2. The number of benzene rings is 1. The van der Waals surface area contributed by atoms with Gasteiger partial charge in [0, 0.05) is 12.1 Å². The molecular weight excluding hydrogens is 301 g/mol. The SMILES string of the molecule is Cc1cc([C@H](O)CCNC(=O)COc2ccccc2F)c(C)o1. The first-order chi connectivity index (χ1) is 11.0. The Labute approximate surface area is 134 Å². The lowest BCUT2D eigenvalue weighted by atomic mass is 10.1. The van der Waals surface area contributed by atoms with E-state index in [4.69, 9.17) is 9.15 Å². The smallest absolute Gasteiger partial charge is 0.257 e. The highest BCUT2D eigenvalue weighted by atomic mass is 19.1. The summed E-state index contributed by atoms with van der Waals surface area (Å²) in [5, 5.41) is 12.7. The van der Waals surface area contributed by atoms with E-state index in [2.05, 4.69) is 5.32 Å². The topological polar surface area (TPSA) is 71.7 Å². The second kappa shape index (κ2) is 7.78. The van der Waals surface area contributed by atoms with E-state index < -0.39 is 11.9 Å². The van der Waals surface area contributed by atoms with Crippen molar-refractivity contribution in [2.24, 2.45) is 0 Å². The molecule has 1 aromatic heterocycles. The van der Waals surface area contributed by atoms with E-state index in [1.807, 2.05) is 6.92 Å². The number of nitrogens with one attached hydrogen (secondary N) is 1. The molecule has 0 fully saturated rings. The number of rotatable bonds is 7. The normalized spacial score (nSPS) is 12.0. The van der Waals surface area contributed by atoms with Crippen molar-refractivity contribution in [3.63, 3.8) is 0 Å². The van der Waals surface area contributed by atoms with Crippen LogP contribution in [0, 0.1) is 19.7 Å². The van der Waals surface area contributed by atoms with Crippen LogP contribution in [0.4, 0.5) is 4.39 Å². The first kappa shape index (κ1) is 17.0. The van der Waals surface area contributed by atoms with E-state index in [1.165, 1.54) is 12.1 Å². The second-order valence-corrected chi connectivity index (χ2v) is 5.24. The number of ether oxygens (including phenoxy) is 1. The van der Waals surface area contributed by atoms with Gasteiger partial charge in [-0.05, 0) is 38.5 Å².